The molecule has 0 radical (unpaired) electrons. The Hall–Kier alpha value is -2.95. The van der Waals surface area contributed by atoms with Gasteiger partial charge in [-0.15, -0.1) is 0 Å². The van der Waals surface area contributed by atoms with E-state index in [1.165, 1.54) is 6.08 Å². The summed E-state index contributed by atoms with van der Waals surface area (Å²) < 4.78 is 21.1. The van der Waals surface area contributed by atoms with Crippen LogP contribution in [0.4, 0.5) is 0 Å². The fourth-order valence-electron chi connectivity index (χ4n) is 2.34. The molecular formula is C20H22O5. The quantitative estimate of drug-likeness (QED) is 0.566. The maximum absolute atomic E-state index is 12.0. The Morgan fingerprint density at radius 2 is 1.60 bits per heavy atom. The summed E-state index contributed by atoms with van der Waals surface area (Å²) >= 11 is 0. The number of hydrogen-bond donors (Lipinski definition) is 0. The first-order valence-corrected chi connectivity index (χ1v) is 7.78. The van der Waals surface area contributed by atoms with E-state index in [4.69, 9.17) is 18.9 Å². The lowest BCUT2D eigenvalue weighted by molar-refractivity contribution is -0.138. The molecule has 0 aliphatic carbocycles. The molecule has 132 valence electrons. The van der Waals surface area contributed by atoms with Crippen LogP contribution in [0.2, 0.25) is 0 Å². The van der Waals surface area contributed by atoms with Crippen LogP contribution in [0.3, 0.4) is 0 Å². The monoisotopic (exact) mass is 342 g/mol. The largest absolute Gasteiger partial charge is 0.496 e. The second kappa shape index (κ2) is 8.78. The highest BCUT2D eigenvalue weighted by atomic mass is 16.5. The minimum Gasteiger partial charge on any atom is -0.496 e. The van der Waals surface area contributed by atoms with E-state index >= 15 is 0 Å². The zero-order valence-corrected chi connectivity index (χ0v) is 14.9. The van der Waals surface area contributed by atoms with Gasteiger partial charge in [0.2, 0.25) is 0 Å². The number of ether oxygens (including phenoxy) is 4. The molecule has 0 saturated heterocycles. The molecule has 0 bridgehead atoms. The van der Waals surface area contributed by atoms with E-state index in [-0.39, 0.29) is 6.61 Å². The topological polar surface area (TPSA) is 54.0 Å². The summed E-state index contributed by atoms with van der Waals surface area (Å²) in [7, 11) is 4.74. The van der Waals surface area contributed by atoms with Crippen molar-refractivity contribution in [2.45, 2.75) is 13.5 Å². The number of hydrogen-bond acceptors (Lipinski definition) is 5. The molecule has 0 N–H and O–H groups in total. The van der Waals surface area contributed by atoms with Gasteiger partial charge in [-0.3, -0.25) is 0 Å². The number of para-hydroxylation sites is 1. The molecule has 0 spiro atoms. The van der Waals surface area contributed by atoms with Crippen molar-refractivity contribution in [1.82, 2.24) is 0 Å². The third-order valence-corrected chi connectivity index (χ3v) is 3.75. The van der Waals surface area contributed by atoms with Crippen molar-refractivity contribution in [2.75, 3.05) is 21.3 Å². The first-order chi connectivity index (χ1) is 12.1. The Bertz CT molecular complexity index is 765. The molecule has 0 saturated carbocycles. The predicted octanol–water partition coefficient (Wildman–Crippen LogP) is 3.78. The highest BCUT2D eigenvalue weighted by molar-refractivity contribution is 5.87. The lowest BCUT2D eigenvalue weighted by Crippen LogP contribution is -2.03. The summed E-state index contributed by atoms with van der Waals surface area (Å²) in [6.07, 6.45) is 3.05. The van der Waals surface area contributed by atoms with Gasteiger partial charge in [0, 0.05) is 11.6 Å². The molecule has 0 aromatic heterocycles. The second-order valence-corrected chi connectivity index (χ2v) is 5.32. The smallest absolute Gasteiger partial charge is 0.331 e. The van der Waals surface area contributed by atoms with Gasteiger partial charge in [-0.1, -0.05) is 18.2 Å². The van der Waals surface area contributed by atoms with Crippen LogP contribution in [0.15, 0.2) is 42.5 Å². The van der Waals surface area contributed by atoms with Crippen molar-refractivity contribution in [3.8, 4) is 17.2 Å². The van der Waals surface area contributed by atoms with Crippen LogP contribution in [0.1, 0.15) is 16.7 Å². The highest BCUT2D eigenvalue weighted by Crippen LogP contribution is 2.30. The lowest BCUT2D eigenvalue weighted by atomic mass is 10.1. The number of methoxy groups -OCH3 is 3. The van der Waals surface area contributed by atoms with E-state index in [2.05, 4.69) is 0 Å². The average molecular weight is 342 g/mol. The minimum atomic E-state index is -0.430. The number of esters is 1. The van der Waals surface area contributed by atoms with Gasteiger partial charge in [-0.2, -0.15) is 0 Å². The van der Waals surface area contributed by atoms with E-state index in [0.717, 1.165) is 16.7 Å². The maximum atomic E-state index is 12.0. The van der Waals surface area contributed by atoms with Crippen molar-refractivity contribution in [3.63, 3.8) is 0 Å². The summed E-state index contributed by atoms with van der Waals surface area (Å²) in [4.78, 5) is 12.0. The Morgan fingerprint density at radius 1 is 0.960 bits per heavy atom. The van der Waals surface area contributed by atoms with Gasteiger partial charge in [0.25, 0.3) is 0 Å². The van der Waals surface area contributed by atoms with Crippen LogP contribution < -0.4 is 14.2 Å². The summed E-state index contributed by atoms with van der Waals surface area (Å²) in [6, 6.07) is 11.1. The Morgan fingerprint density at radius 3 is 2.28 bits per heavy atom. The normalized spacial score (nSPS) is 10.6. The summed E-state index contributed by atoms with van der Waals surface area (Å²) in [6.45, 7) is 2.08. The molecule has 0 unspecified atom stereocenters. The maximum Gasteiger partial charge on any atom is 0.331 e. The Labute approximate surface area is 147 Å². The molecule has 0 aliphatic rings. The van der Waals surface area contributed by atoms with Crippen LogP contribution in [-0.4, -0.2) is 27.3 Å². The van der Waals surface area contributed by atoms with E-state index in [1.54, 1.807) is 27.4 Å². The fraction of sp³-hybridized carbons (Fsp3) is 0.250. The lowest BCUT2D eigenvalue weighted by Gasteiger charge is -2.12. The summed E-state index contributed by atoms with van der Waals surface area (Å²) in [5.74, 6) is 1.51. The number of benzene rings is 2. The third kappa shape index (κ3) is 4.76. The van der Waals surface area contributed by atoms with Crippen LogP contribution in [0, 0.1) is 6.92 Å². The van der Waals surface area contributed by atoms with Crippen molar-refractivity contribution >= 4 is 12.0 Å². The summed E-state index contributed by atoms with van der Waals surface area (Å²) in [5.41, 5.74) is 2.63. The molecule has 0 fully saturated rings. The first-order valence-electron chi connectivity index (χ1n) is 7.78. The van der Waals surface area contributed by atoms with Crippen molar-refractivity contribution in [3.05, 3.63) is 59.2 Å². The van der Waals surface area contributed by atoms with E-state index in [9.17, 15) is 4.79 Å². The zero-order chi connectivity index (χ0) is 18.2. The molecule has 0 heterocycles. The Balaban J connectivity index is 2.04. The van der Waals surface area contributed by atoms with Crippen LogP contribution in [0.5, 0.6) is 17.2 Å². The SMILES string of the molecule is COc1ccccc1/C=C/C(=O)OCc1cc(OC)c(OC)cc1C. The number of carbonyl (C=O) groups excluding carboxylic acids is 1. The van der Waals surface area contributed by atoms with E-state index in [0.29, 0.717) is 17.2 Å². The minimum absolute atomic E-state index is 0.154. The van der Waals surface area contributed by atoms with Gasteiger partial charge in [0.05, 0.1) is 21.3 Å². The molecule has 5 nitrogen and oxygen atoms in total. The number of carbonyl (C=O) groups is 1. The summed E-state index contributed by atoms with van der Waals surface area (Å²) in [5, 5.41) is 0. The number of rotatable bonds is 7. The molecular weight excluding hydrogens is 320 g/mol. The fourth-order valence-corrected chi connectivity index (χ4v) is 2.34. The molecule has 0 aliphatic heterocycles. The van der Waals surface area contributed by atoms with Gasteiger partial charge in [-0.25, -0.2) is 4.79 Å². The molecule has 25 heavy (non-hydrogen) atoms. The van der Waals surface area contributed by atoms with Crippen molar-refractivity contribution < 1.29 is 23.7 Å². The predicted molar refractivity (Wildman–Crippen MR) is 96.1 cm³/mol. The van der Waals surface area contributed by atoms with Crippen LogP contribution in [0.25, 0.3) is 6.08 Å². The Kier molecular flexibility index (Phi) is 6.46. The highest BCUT2D eigenvalue weighted by Gasteiger charge is 2.10. The average Bonchev–Trinajstić information content (AvgIpc) is 2.65. The van der Waals surface area contributed by atoms with Gasteiger partial charge in [-0.05, 0) is 42.3 Å². The van der Waals surface area contributed by atoms with Crippen LogP contribution >= 0.6 is 0 Å². The van der Waals surface area contributed by atoms with E-state index < -0.39 is 5.97 Å². The van der Waals surface area contributed by atoms with Gasteiger partial charge in [0.15, 0.2) is 11.5 Å². The van der Waals surface area contributed by atoms with Crippen LogP contribution in [-0.2, 0) is 16.1 Å². The standard InChI is InChI=1S/C20H22O5/c1-14-11-18(23-3)19(24-4)12-16(14)13-25-20(21)10-9-15-7-5-6-8-17(15)22-2/h5-12H,13H2,1-4H3/b10-9+. The number of aryl methyl sites for hydroxylation is 1. The van der Waals surface area contributed by atoms with Gasteiger partial charge < -0.3 is 18.9 Å². The third-order valence-electron chi connectivity index (χ3n) is 3.75. The van der Waals surface area contributed by atoms with Gasteiger partial charge >= 0.3 is 5.97 Å². The molecule has 0 atom stereocenters. The molecule has 0 amide bonds. The molecule has 2 aromatic rings. The zero-order valence-electron chi connectivity index (χ0n) is 14.9. The van der Waals surface area contributed by atoms with E-state index in [1.807, 2.05) is 43.3 Å². The first kappa shape index (κ1) is 18.4. The molecule has 2 rings (SSSR count). The molecule has 5 heteroatoms. The molecule has 2 aromatic carbocycles. The van der Waals surface area contributed by atoms with Gasteiger partial charge in [0.1, 0.15) is 12.4 Å². The van der Waals surface area contributed by atoms with Crippen molar-refractivity contribution in [2.24, 2.45) is 0 Å². The second-order valence-electron chi connectivity index (χ2n) is 5.32. The van der Waals surface area contributed by atoms with Crippen molar-refractivity contribution in [1.29, 1.82) is 0 Å².